The number of aryl methyl sites for hydroxylation is 1. The first-order chi connectivity index (χ1) is 10.7. The predicted octanol–water partition coefficient (Wildman–Crippen LogP) is 4.10. The summed E-state index contributed by atoms with van der Waals surface area (Å²) in [5, 5.41) is 11.9. The zero-order chi connectivity index (χ0) is 15.8. The Morgan fingerprint density at radius 3 is 2.45 bits per heavy atom. The number of hydrogen-bond acceptors (Lipinski definition) is 2. The summed E-state index contributed by atoms with van der Waals surface area (Å²) in [7, 11) is 0. The van der Waals surface area contributed by atoms with Gasteiger partial charge < -0.3 is 5.32 Å². The Bertz CT molecular complexity index is 753. The highest BCUT2D eigenvalue weighted by molar-refractivity contribution is 6.07. The zero-order valence-corrected chi connectivity index (χ0v) is 12.3. The lowest BCUT2D eigenvalue weighted by molar-refractivity contribution is -0.112. The second-order valence-electron chi connectivity index (χ2n) is 4.73. The maximum atomic E-state index is 12.1. The molecule has 0 spiro atoms. The van der Waals surface area contributed by atoms with Crippen LogP contribution in [0.2, 0.25) is 0 Å². The third-order valence-electron chi connectivity index (χ3n) is 3.11. The van der Waals surface area contributed by atoms with Crippen molar-refractivity contribution in [2.45, 2.75) is 6.92 Å². The predicted molar refractivity (Wildman–Crippen MR) is 89.0 cm³/mol. The van der Waals surface area contributed by atoms with Gasteiger partial charge in [-0.05, 0) is 30.2 Å². The van der Waals surface area contributed by atoms with Crippen LogP contribution >= 0.6 is 0 Å². The molecule has 0 unspecified atom stereocenters. The van der Waals surface area contributed by atoms with Gasteiger partial charge in [0.15, 0.2) is 0 Å². The average molecular weight is 288 g/mol. The van der Waals surface area contributed by atoms with Gasteiger partial charge in [-0.3, -0.25) is 4.79 Å². The summed E-state index contributed by atoms with van der Waals surface area (Å²) in [6, 6.07) is 19.1. The summed E-state index contributed by atoms with van der Waals surface area (Å²) in [6.07, 6.45) is 5.06. The van der Waals surface area contributed by atoms with Crippen molar-refractivity contribution in [1.29, 1.82) is 5.26 Å². The number of nitrogens with zero attached hydrogens (tertiary/aromatic N) is 1. The van der Waals surface area contributed by atoms with Crippen molar-refractivity contribution in [3.05, 3.63) is 83.4 Å². The molecule has 0 aliphatic heterocycles. The van der Waals surface area contributed by atoms with E-state index < -0.39 is 5.91 Å². The first-order valence-electron chi connectivity index (χ1n) is 6.91. The molecule has 108 valence electrons. The number of nitriles is 1. The Kier molecular flexibility index (Phi) is 5.28. The fourth-order valence-corrected chi connectivity index (χ4v) is 1.89. The smallest absolute Gasteiger partial charge is 0.266 e. The average Bonchev–Trinajstić information content (AvgIpc) is 2.54. The summed E-state index contributed by atoms with van der Waals surface area (Å²) in [5.41, 5.74) is 2.74. The van der Waals surface area contributed by atoms with Gasteiger partial charge in [0, 0.05) is 5.69 Å². The van der Waals surface area contributed by atoms with Crippen LogP contribution in [0.3, 0.4) is 0 Å². The van der Waals surface area contributed by atoms with Gasteiger partial charge in [-0.2, -0.15) is 5.26 Å². The molecule has 0 saturated carbocycles. The van der Waals surface area contributed by atoms with Crippen molar-refractivity contribution >= 4 is 17.7 Å². The second kappa shape index (κ2) is 7.61. The van der Waals surface area contributed by atoms with E-state index in [-0.39, 0.29) is 5.57 Å². The molecule has 0 aromatic heterocycles. The summed E-state index contributed by atoms with van der Waals surface area (Å²) in [5.74, 6) is -0.408. The highest BCUT2D eigenvalue weighted by Crippen LogP contribution is 2.14. The van der Waals surface area contributed by atoms with Crippen molar-refractivity contribution in [3.63, 3.8) is 0 Å². The maximum Gasteiger partial charge on any atom is 0.266 e. The second-order valence-corrected chi connectivity index (χ2v) is 4.73. The number of carbonyl (C=O) groups excluding carboxylic acids is 1. The number of para-hydroxylation sites is 1. The van der Waals surface area contributed by atoms with Crippen molar-refractivity contribution in [1.82, 2.24) is 0 Å². The molecule has 2 aromatic carbocycles. The quantitative estimate of drug-likeness (QED) is 0.523. The monoisotopic (exact) mass is 288 g/mol. The fraction of sp³-hybridized carbons (Fsp3) is 0.0526. The van der Waals surface area contributed by atoms with E-state index in [4.69, 9.17) is 5.26 Å². The zero-order valence-electron chi connectivity index (χ0n) is 12.3. The molecule has 2 rings (SSSR count). The highest BCUT2D eigenvalue weighted by atomic mass is 16.1. The van der Waals surface area contributed by atoms with Gasteiger partial charge in [-0.25, -0.2) is 0 Å². The lowest BCUT2D eigenvalue weighted by Crippen LogP contribution is -2.14. The Labute approximate surface area is 130 Å². The van der Waals surface area contributed by atoms with Crippen molar-refractivity contribution in [2.75, 3.05) is 5.32 Å². The van der Waals surface area contributed by atoms with Crippen LogP contribution < -0.4 is 5.32 Å². The van der Waals surface area contributed by atoms with Crippen molar-refractivity contribution < 1.29 is 4.79 Å². The lowest BCUT2D eigenvalue weighted by atomic mass is 10.1. The van der Waals surface area contributed by atoms with E-state index in [1.54, 1.807) is 6.08 Å². The van der Waals surface area contributed by atoms with E-state index in [2.05, 4.69) is 5.32 Å². The van der Waals surface area contributed by atoms with Crippen LogP contribution in [0.25, 0.3) is 6.08 Å². The summed E-state index contributed by atoms with van der Waals surface area (Å²) in [4.78, 5) is 12.1. The molecular weight excluding hydrogens is 272 g/mol. The molecule has 0 fully saturated rings. The van der Waals surface area contributed by atoms with E-state index in [0.29, 0.717) is 5.69 Å². The molecular formula is C19H16N2O. The molecule has 3 heteroatoms. The number of carbonyl (C=O) groups is 1. The molecule has 1 N–H and O–H groups in total. The maximum absolute atomic E-state index is 12.1. The minimum atomic E-state index is -0.408. The minimum absolute atomic E-state index is 0.0652. The topological polar surface area (TPSA) is 52.9 Å². The standard InChI is InChI=1S/C19H16N2O/c1-15-8-5-6-13-18(15)21-19(22)17(14-20)12-7-11-16-9-3-2-4-10-16/h2-13H,1H3,(H,21,22)/b11-7+,17-12+. The van der Waals surface area contributed by atoms with Crippen LogP contribution in [0.4, 0.5) is 5.69 Å². The molecule has 0 heterocycles. The van der Waals surface area contributed by atoms with Crippen LogP contribution in [0.1, 0.15) is 11.1 Å². The SMILES string of the molecule is Cc1ccccc1NC(=O)/C(C#N)=C/C=C/c1ccccc1. The Morgan fingerprint density at radius 2 is 1.77 bits per heavy atom. The van der Waals surface area contributed by atoms with Crippen LogP contribution in [0.15, 0.2) is 72.3 Å². The number of anilines is 1. The summed E-state index contributed by atoms with van der Waals surface area (Å²) < 4.78 is 0. The molecule has 0 bridgehead atoms. The minimum Gasteiger partial charge on any atom is -0.321 e. The van der Waals surface area contributed by atoms with Gasteiger partial charge in [-0.15, -0.1) is 0 Å². The van der Waals surface area contributed by atoms with Gasteiger partial charge in [0.2, 0.25) is 0 Å². The molecule has 0 radical (unpaired) electrons. The molecule has 3 nitrogen and oxygen atoms in total. The van der Waals surface area contributed by atoms with Gasteiger partial charge in [0.25, 0.3) is 5.91 Å². The third kappa shape index (κ3) is 4.19. The first kappa shape index (κ1) is 15.3. The first-order valence-corrected chi connectivity index (χ1v) is 6.91. The third-order valence-corrected chi connectivity index (χ3v) is 3.11. The van der Waals surface area contributed by atoms with E-state index >= 15 is 0 Å². The summed E-state index contributed by atoms with van der Waals surface area (Å²) >= 11 is 0. The molecule has 2 aromatic rings. The fourth-order valence-electron chi connectivity index (χ4n) is 1.89. The van der Waals surface area contributed by atoms with Gasteiger partial charge in [-0.1, -0.05) is 60.7 Å². The Morgan fingerprint density at radius 1 is 1.09 bits per heavy atom. The van der Waals surface area contributed by atoms with E-state index in [1.807, 2.05) is 73.7 Å². The number of hydrogen-bond donors (Lipinski definition) is 1. The van der Waals surface area contributed by atoms with Crippen molar-refractivity contribution in [2.24, 2.45) is 0 Å². The number of allylic oxidation sites excluding steroid dienone is 2. The van der Waals surface area contributed by atoms with E-state index in [1.165, 1.54) is 6.08 Å². The Balaban J connectivity index is 2.09. The number of benzene rings is 2. The lowest BCUT2D eigenvalue weighted by Gasteiger charge is -2.06. The summed E-state index contributed by atoms with van der Waals surface area (Å²) in [6.45, 7) is 1.90. The van der Waals surface area contributed by atoms with Crippen molar-refractivity contribution in [3.8, 4) is 6.07 Å². The molecule has 22 heavy (non-hydrogen) atoms. The number of rotatable bonds is 4. The molecule has 0 aliphatic carbocycles. The molecule has 0 aliphatic rings. The van der Waals surface area contributed by atoms with Crippen LogP contribution in [0.5, 0.6) is 0 Å². The largest absolute Gasteiger partial charge is 0.321 e. The van der Waals surface area contributed by atoms with Crippen LogP contribution in [-0.2, 0) is 4.79 Å². The Hall–Kier alpha value is -3.12. The highest BCUT2D eigenvalue weighted by Gasteiger charge is 2.09. The van der Waals surface area contributed by atoms with Crippen LogP contribution in [0, 0.1) is 18.3 Å². The van der Waals surface area contributed by atoms with E-state index in [0.717, 1.165) is 11.1 Å². The van der Waals surface area contributed by atoms with Gasteiger partial charge in [0.1, 0.15) is 11.6 Å². The molecule has 0 saturated heterocycles. The number of nitrogens with one attached hydrogen (secondary N) is 1. The van der Waals surface area contributed by atoms with Crippen LogP contribution in [-0.4, -0.2) is 5.91 Å². The number of amides is 1. The molecule has 1 amide bonds. The van der Waals surface area contributed by atoms with Gasteiger partial charge in [0.05, 0.1) is 0 Å². The van der Waals surface area contributed by atoms with Gasteiger partial charge >= 0.3 is 0 Å². The molecule has 0 atom stereocenters. The normalized spacial score (nSPS) is 11.2. The van der Waals surface area contributed by atoms with E-state index in [9.17, 15) is 4.79 Å².